The molecule has 2 aromatic rings. The predicted molar refractivity (Wildman–Crippen MR) is 83.1 cm³/mol. The van der Waals surface area contributed by atoms with Gasteiger partial charge in [-0.05, 0) is 48.5 Å². The van der Waals surface area contributed by atoms with Crippen LogP contribution in [-0.2, 0) is 9.84 Å². The Morgan fingerprint density at radius 3 is 2.00 bits per heavy atom. The van der Waals surface area contributed by atoms with Crippen LogP contribution < -0.4 is 10.6 Å². The number of carbonyl (C=O) groups is 1. The summed E-state index contributed by atoms with van der Waals surface area (Å²) >= 11 is 0. The molecule has 6 heteroatoms. The van der Waals surface area contributed by atoms with Crippen molar-refractivity contribution < 1.29 is 13.2 Å². The second-order valence-corrected chi connectivity index (χ2v) is 6.77. The van der Waals surface area contributed by atoms with Crippen molar-refractivity contribution >= 4 is 27.1 Å². The van der Waals surface area contributed by atoms with Crippen LogP contribution in [0.3, 0.4) is 0 Å². The number of nitrogens with zero attached hydrogens (tertiary/aromatic N) is 1. The molecule has 2 aromatic carbocycles. The van der Waals surface area contributed by atoms with Crippen LogP contribution in [0.5, 0.6) is 0 Å². The van der Waals surface area contributed by atoms with Gasteiger partial charge in [0.2, 0.25) is 0 Å². The third kappa shape index (κ3) is 3.41. The molecule has 0 aromatic heterocycles. The molecule has 2 rings (SSSR count). The molecular formula is C15H16N2O3S. The molecule has 0 saturated carbocycles. The smallest absolute Gasteiger partial charge is 0.258 e. The first-order chi connectivity index (χ1) is 9.79. The maximum Gasteiger partial charge on any atom is 0.258 e. The van der Waals surface area contributed by atoms with Gasteiger partial charge >= 0.3 is 0 Å². The van der Waals surface area contributed by atoms with Crippen molar-refractivity contribution in [2.75, 3.05) is 23.9 Å². The Balaban J connectivity index is 2.25. The second kappa shape index (κ2) is 5.57. The van der Waals surface area contributed by atoms with E-state index in [0.29, 0.717) is 16.9 Å². The van der Waals surface area contributed by atoms with Crippen molar-refractivity contribution in [1.82, 2.24) is 0 Å². The first-order valence-corrected chi connectivity index (χ1v) is 8.12. The predicted octanol–water partition coefficient (Wildman–Crippen LogP) is 1.95. The van der Waals surface area contributed by atoms with Gasteiger partial charge in [0, 0.05) is 30.2 Å². The monoisotopic (exact) mass is 304 g/mol. The van der Waals surface area contributed by atoms with E-state index < -0.39 is 9.84 Å². The van der Waals surface area contributed by atoms with Crippen LogP contribution in [0.25, 0.3) is 0 Å². The average Bonchev–Trinajstić information content (AvgIpc) is 2.46. The molecule has 1 amide bonds. The number of amides is 1. The standard InChI is InChI=1S/C15H16N2O3S/c1-17(13-7-5-12(16)6-8-13)15(18)11-3-9-14(10-4-11)21(2,19)20/h3-10H,16H2,1-2H3. The van der Waals surface area contributed by atoms with Gasteiger partial charge in [0.25, 0.3) is 5.91 Å². The number of sulfone groups is 1. The van der Waals surface area contributed by atoms with Crippen molar-refractivity contribution in [3.63, 3.8) is 0 Å². The number of rotatable bonds is 3. The first kappa shape index (κ1) is 15.1. The number of hydrogen-bond donors (Lipinski definition) is 1. The zero-order chi connectivity index (χ0) is 15.6. The van der Waals surface area contributed by atoms with Crippen molar-refractivity contribution in [3.8, 4) is 0 Å². The molecule has 0 aliphatic rings. The molecule has 0 radical (unpaired) electrons. The zero-order valence-electron chi connectivity index (χ0n) is 11.8. The van der Waals surface area contributed by atoms with Gasteiger partial charge in [0.15, 0.2) is 9.84 Å². The maximum atomic E-state index is 12.3. The quantitative estimate of drug-likeness (QED) is 0.879. The molecule has 110 valence electrons. The van der Waals surface area contributed by atoms with E-state index in [1.807, 2.05) is 0 Å². The molecule has 0 bridgehead atoms. The number of benzene rings is 2. The lowest BCUT2D eigenvalue weighted by Gasteiger charge is -2.17. The molecule has 0 spiro atoms. The van der Waals surface area contributed by atoms with Gasteiger partial charge in [0.05, 0.1) is 4.90 Å². The van der Waals surface area contributed by atoms with E-state index >= 15 is 0 Å². The lowest BCUT2D eigenvalue weighted by molar-refractivity contribution is 0.0993. The third-order valence-electron chi connectivity index (χ3n) is 3.11. The summed E-state index contributed by atoms with van der Waals surface area (Å²) < 4.78 is 22.8. The maximum absolute atomic E-state index is 12.3. The minimum Gasteiger partial charge on any atom is -0.399 e. The average molecular weight is 304 g/mol. The van der Waals surface area contributed by atoms with E-state index in [4.69, 9.17) is 5.73 Å². The van der Waals surface area contributed by atoms with Crippen LogP contribution in [0.4, 0.5) is 11.4 Å². The highest BCUT2D eigenvalue weighted by molar-refractivity contribution is 7.90. The van der Waals surface area contributed by atoms with Crippen molar-refractivity contribution in [1.29, 1.82) is 0 Å². The molecule has 0 saturated heterocycles. The van der Waals surface area contributed by atoms with E-state index in [1.54, 1.807) is 31.3 Å². The van der Waals surface area contributed by atoms with Gasteiger partial charge < -0.3 is 10.6 Å². The SMILES string of the molecule is CN(C(=O)c1ccc(S(C)(=O)=O)cc1)c1ccc(N)cc1. The fourth-order valence-corrected chi connectivity index (χ4v) is 2.48. The van der Waals surface area contributed by atoms with Crippen molar-refractivity contribution in [2.45, 2.75) is 4.90 Å². The van der Waals surface area contributed by atoms with Gasteiger partial charge in [-0.25, -0.2) is 8.42 Å². The summed E-state index contributed by atoms with van der Waals surface area (Å²) in [6, 6.07) is 12.8. The van der Waals surface area contributed by atoms with Crippen LogP contribution >= 0.6 is 0 Å². The Hall–Kier alpha value is -2.34. The number of hydrogen-bond acceptors (Lipinski definition) is 4. The van der Waals surface area contributed by atoms with E-state index in [-0.39, 0.29) is 10.8 Å². The van der Waals surface area contributed by atoms with Gasteiger partial charge in [-0.2, -0.15) is 0 Å². The van der Waals surface area contributed by atoms with Crippen LogP contribution in [0, 0.1) is 0 Å². The lowest BCUT2D eigenvalue weighted by Crippen LogP contribution is -2.26. The fourth-order valence-electron chi connectivity index (χ4n) is 1.85. The fraction of sp³-hybridized carbons (Fsp3) is 0.133. The molecular weight excluding hydrogens is 288 g/mol. The summed E-state index contributed by atoms with van der Waals surface area (Å²) in [6.45, 7) is 0. The summed E-state index contributed by atoms with van der Waals surface area (Å²) in [5.74, 6) is -0.222. The van der Waals surface area contributed by atoms with Gasteiger partial charge in [-0.15, -0.1) is 0 Å². The molecule has 2 N–H and O–H groups in total. The van der Waals surface area contributed by atoms with Gasteiger partial charge in [-0.1, -0.05) is 0 Å². The summed E-state index contributed by atoms with van der Waals surface area (Å²) in [5, 5.41) is 0. The van der Waals surface area contributed by atoms with Crippen LogP contribution in [0.15, 0.2) is 53.4 Å². The number of carbonyl (C=O) groups excluding carboxylic acids is 1. The molecule has 0 aliphatic carbocycles. The van der Waals surface area contributed by atoms with E-state index in [9.17, 15) is 13.2 Å². The first-order valence-electron chi connectivity index (χ1n) is 6.23. The number of nitrogen functional groups attached to an aromatic ring is 1. The molecule has 0 aliphatic heterocycles. The Bertz CT molecular complexity index is 751. The minimum absolute atomic E-state index is 0.189. The molecule has 0 atom stereocenters. The Morgan fingerprint density at radius 2 is 1.52 bits per heavy atom. The Morgan fingerprint density at radius 1 is 1.00 bits per heavy atom. The normalized spacial score (nSPS) is 11.1. The van der Waals surface area contributed by atoms with Crippen molar-refractivity contribution in [2.24, 2.45) is 0 Å². The van der Waals surface area contributed by atoms with Gasteiger partial charge in [-0.3, -0.25) is 4.79 Å². The van der Waals surface area contributed by atoms with E-state index in [1.165, 1.54) is 29.2 Å². The Labute approximate surface area is 123 Å². The summed E-state index contributed by atoms with van der Waals surface area (Å²) in [4.78, 5) is 14.0. The van der Waals surface area contributed by atoms with Crippen molar-refractivity contribution in [3.05, 3.63) is 54.1 Å². The van der Waals surface area contributed by atoms with E-state index in [0.717, 1.165) is 6.26 Å². The highest BCUT2D eigenvalue weighted by Gasteiger charge is 2.14. The molecule has 5 nitrogen and oxygen atoms in total. The van der Waals surface area contributed by atoms with Crippen LogP contribution in [0.1, 0.15) is 10.4 Å². The summed E-state index contributed by atoms with van der Waals surface area (Å²) in [6.07, 6.45) is 1.13. The Kier molecular flexibility index (Phi) is 3.99. The molecule has 21 heavy (non-hydrogen) atoms. The number of anilines is 2. The zero-order valence-corrected chi connectivity index (χ0v) is 12.6. The third-order valence-corrected chi connectivity index (χ3v) is 4.24. The topological polar surface area (TPSA) is 80.5 Å². The molecule has 0 heterocycles. The summed E-state index contributed by atoms with van der Waals surface area (Å²) in [5.41, 5.74) is 7.36. The van der Waals surface area contributed by atoms with Crippen LogP contribution in [-0.4, -0.2) is 27.6 Å². The minimum atomic E-state index is -3.26. The van der Waals surface area contributed by atoms with Gasteiger partial charge in [0.1, 0.15) is 0 Å². The van der Waals surface area contributed by atoms with E-state index in [2.05, 4.69) is 0 Å². The highest BCUT2D eigenvalue weighted by Crippen LogP contribution is 2.18. The number of nitrogens with two attached hydrogens (primary N) is 1. The van der Waals surface area contributed by atoms with Crippen LogP contribution in [0.2, 0.25) is 0 Å². The lowest BCUT2D eigenvalue weighted by atomic mass is 10.2. The second-order valence-electron chi connectivity index (χ2n) is 4.75. The molecule has 0 fully saturated rings. The summed E-state index contributed by atoms with van der Waals surface area (Å²) in [7, 11) is -1.61. The molecule has 0 unspecified atom stereocenters. The highest BCUT2D eigenvalue weighted by atomic mass is 32.2. The largest absolute Gasteiger partial charge is 0.399 e.